The van der Waals surface area contributed by atoms with Gasteiger partial charge in [-0.25, -0.2) is 4.99 Å². The largest absolute Gasteiger partial charge is 0.463 e. The van der Waals surface area contributed by atoms with Crippen molar-refractivity contribution in [2.24, 2.45) is 4.99 Å². The van der Waals surface area contributed by atoms with E-state index in [0.717, 1.165) is 18.8 Å². The number of rotatable bonds is 7. The molecule has 0 bridgehead atoms. The van der Waals surface area contributed by atoms with Crippen molar-refractivity contribution in [2.75, 3.05) is 50.7 Å². The van der Waals surface area contributed by atoms with Crippen LogP contribution in [0.2, 0.25) is 0 Å². The number of piperazine rings is 1. The van der Waals surface area contributed by atoms with Crippen LogP contribution in [0.15, 0.2) is 51.9 Å². The van der Waals surface area contributed by atoms with Crippen LogP contribution in [0.1, 0.15) is 25.4 Å². The highest BCUT2D eigenvalue weighted by atomic mass is 16.4. The van der Waals surface area contributed by atoms with Crippen LogP contribution in [0.4, 0.5) is 5.69 Å². The van der Waals surface area contributed by atoms with Gasteiger partial charge in [-0.1, -0.05) is 18.2 Å². The van der Waals surface area contributed by atoms with Gasteiger partial charge in [0.1, 0.15) is 23.7 Å². The Kier molecular flexibility index (Phi) is 7.57. The number of carbonyl (C=O) groups is 1. The zero-order chi connectivity index (χ0) is 22.3. The van der Waals surface area contributed by atoms with Crippen LogP contribution in [-0.4, -0.2) is 67.7 Å². The van der Waals surface area contributed by atoms with Gasteiger partial charge in [-0.05, 0) is 45.0 Å². The maximum absolute atomic E-state index is 12.7. The average Bonchev–Trinajstić information content (AvgIpc) is 3.23. The first-order chi connectivity index (χ1) is 14.9. The van der Waals surface area contributed by atoms with Gasteiger partial charge in [-0.2, -0.15) is 0 Å². The van der Waals surface area contributed by atoms with Gasteiger partial charge < -0.3 is 30.0 Å². The fraction of sp³-hybridized carbons (Fsp3) is 0.478. The summed E-state index contributed by atoms with van der Waals surface area (Å²) >= 11 is 0. The monoisotopic (exact) mass is 427 g/mol. The van der Waals surface area contributed by atoms with Gasteiger partial charge in [-0.15, -0.1) is 0 Å². The van der Waals surface area contributed by atoms with E-state index in [2.05, 4.69) is 32.7 Å². The molecule has 0 radical (unpaired) electrons. The van der Waals surface area contributed by atoms with E-state index in [0.29, 0.717) is 31.4 Å². The Morgan fingerprint density at radius 2 is 1.84 bits per heavy atom. The van der Waals surface area contributed by atoms with Crippen LogP contribution < -0.4 is 15.5 Å². The van der Waals surface area contributed by atoms with E-state index in [1.165, 1.54) is 5.69 Å². The van der Waals surface area contributed by atoms with E-state index in [-0.39, 0.29) is 19.0 Å². The molecule has 31 heavy (non-hydrogen) atoms. The number of furan rings is 1. The van der Waals surface area contributed by atoms with Crippen molar-refractivity contribution in [1.29, 1.82) is 0 Å². The van der Waals surface area contributed by atoms with Crippen molar-refractivity contribution in [2.45, 2.75) is 26.4 Å². The molecule has 8 heteroatoms. The average molecular weight is 428 g/mol. The number of aliphatic hydroxyl groups is 1. The highest BCUT2D eigenvalue weighted by Crippen LogP contribution is 2.21. The summed E-state index contributed by atoms with van der Waals surface area (Å²) in [5, 5.41) is 16.9. The van der Waals surface area contributed by atoms with Crippen LogP contribution in [-0.2, 0) is 10.4 Å². The smallest absolute Gasteiger partial charge is 0.244 e. The lowest BCUT2D eigenvalue weighted by molar-refractivity contribution is -0.129. The molecule has 8 nitrogen and oxygen atoms in total. The van der Waals surface area contributed by atoms with Crippen LogP contribution >= 0.6 is 0 Å². The molecule has 1 aromatic heterocycles. The van der Waals surface area contributed by atoms with Crippen molar-refractivity contribution in [3.8, 4) is 0 Å². The van der Waals surface area contributed by atoms with E-state index in [1.54, 1.807) is 13.0 Å². The summed E-state index contributed by atoms with van der Waals surface area (Å²) in [7, 11) is 0. The third-order valence-corrected chi connectivity index (χ3v) is 5.34. The number of para-hydroxylation sites is 1. The third-order valence-electron chi connectivity index (χ3n) is 5.34. The number of hydrogen-bond acceptors (Lipinski definition) is 5. The fourth-order valence-electron chi connectivity index (χ4n) is 3.51. The number of aliphatic imine (C=N–C) groups is 1. The van der Waals surface area contributed by atoms with Crippen LogP contribution in [0.5, 0.6) is 0 Å². The number of amides is 1. The maximum Gasteiger partial charge on any atom is 0.244 e. The molecule has 1 aromatic carbocycles. The lowest BCUT2D eigenvalue weighted by Gasteiger charge is -2.36. The Bertz CT molecular complexity index is 870. The molecule has 1 saturated heterocycles. The highest BCUT2D eigenvalue weighted by molar-refractivity contribution is 5.85. The number of carbonyl (C=O) groups excluding carboxylic acids is 1. The van der Waals surface area contributed by atoms with Gasteiger partial charge in [0.15, 0.2) is 5.96 Å². The van der Waals surface area contributed by atoms with Crippen molar-refractivity contribution in [3.05, 3.63) is 54.0 Å². The Labute approximate surface area is 183 Å². The van der Waals surface area contributed by atoms with Gasteiger partial charge in [0, 0.05) is 38.4 Å². The second-order valence-corrected chi connectivity index (χ2v) is 7.94. The summed E-state index contributed by atoms with van der Waals surface area (Å²) in [6.07, 6.45) is 0. The Morgan fingerprint density at radius 1 is 1.13 bits per heavy atom. The minimum atomic E-state index is -1.19. The van der Waals surface area contributed by atoms with Gasteiger partial charge in [0.05, 0.1) is 6.54 Å². The molecule has 2 heterocycles. The molecule has 2 aromatic rings. The van der Waals surface area contributed by atoms with E-state index >= 15 is 0 Å². The van der Waals surface area contributed by atoms with Crippen molar-refractivity contribution >= 4 is 17.6 Å². The topological polar surface area (TPSA) is 93.3 Å². The summed E-state index contributed by atoms with van der Waals surface area (Å²) in [5.74, 6) is 1.72. The number of nitrogens with zero attached hydrogens (tertiary/aromatic N) is 3. The summed E-state index contributed by atoms with van der Waals surface area (Å²) in [6, 6.07) is 13.8. The Balaban J connectivity index is 1.51. The number of anilines is 1. The first-order valence-corrected chi connectivity index (χ1v) is 10.8. The van der Waals surface area contributed by atoms with E-state index in [1.807, 2.05) is 43.0 Å². The number of aryl methyl sites for hydroxylation is 1. The molecule has 1 amide bonds. The summed E-state index contributed by atoms with van der Waals surface area (Å²) in [6.45, 7) is 9.36. The van der Waals surface area contributed by atoms with Gasteiger partial charge in [0.25, 0.3) is 0 Å². The van der Waals surface area contributed by atoms with E-state index in [4.69, 9.17) is 4.42 Å². The molecule has 3 rings (SSSR count). The SMILES string of the molecule is CCNC(=NCC(=O)N1CCN(c2ccccc2)CC1)NCC(C)(O)c1ccc(C)o1. The van der Waals surface area contributed by atoms with Crippen molar-refractivity contribution in [1.82, 2.24) is 15.5 Å². The highest BCUT2D eigenvalue weighted by Gasteiger charge is 2.27. The van der Waals surface area contributed by atoms with Crippen molar-refractivity contribution < 1.29 is 14.3 Å². The predicted molar refractivity (Wildman–Crippen MR) is 122 cm³/mol. The number of guanidine groups is 1. The fourth-order valence-corrected chi connectivity index (χ4v) is 3.51. The molecule has 0 saturated carbocycles. The first kappa shape index (κ1) is 22.7. The lowest BCUT2D eigenvalue weighted by Crippen LogP contribution is -2.50. The van der Waals surface area contributed by atoms with Gasteiger partial charge in [-0.3, -0.25) is 4.79 Å². The van der Waals surface area contributed by atoms with E-state index < -0.39 is 5.60 Å². The minimum absolute atomic E-state index is 0.00154. The zero-order valence-electron chi connectivity index (χ0n) is 18.6. The molecule has 1 unspecified atom stereocenters. The maximum atomic E-state index is 12.7. The normalized spacial score (nSPS) is 16.7. The Hall–Kier alpha value is -3.00. The third kappa shape index (κ3) is 6.24. The first-order valence-electron chi connectivity index (χ1n) is 10.8. The number of nitrogens with one attached hydrogen (secondary N) is 2. The zero-order valence-corrected chi connectivity index (χ0v) is 18.6. The van der Waals surface area contributed by atoms with E-state index in [9.17, 15) is 9.90 Å². The standard InChI is InChI=1S/C23H33N5O3/c1-4-24-22(26-17-23(3,30)20-11-10-18(2)31-20)25-16-21(29)28-14-12-27(13-15-28)19-8-6-5-7-9-19/h5-11,30H,4,12-17H2,1-3H3,(H2,24,25,26). The van der Waals surface area contributed by atoms with Gasteiger partial charge >= 0.3 is 0 Å². The quantitative estimate of drug-likeness (QED) is 0.460. The molecular weight excluding hydrogens is 394 g/mol. The molecular formula is C23H33N5O3. The Morgan fingerprint density at radius 3 is 2.45 bits per heavy atom. The molecule has 1 aliphatic heterocycles. The summed E-state index contributed by atoms with van der Waals surface area (Å²) in [5.41, 5.74) is -0.00700. The number of hydrogen-bond donors (Lipinski definition) is 3. The molecule has 1 fully saturated rings. The summed E-state index contributed by atoms with van der Waals surface area (Å²) < 4.78 is 5.54. The van der Waals surface area contributed by atoms with Crippen LogP contribution in [0, 0.1) is 6.92 Å². The lowest BCUT2D eigenvalue weighted by atomic mass is 10.0. The molecule has 3 N–H and O–H groups in total. The molecule has 1 atom stereocenters. The van der Waals surface area contributed by atoms with Crippen molar-refractivity contribution in [3.63, 3.8) is 0 Å². The molecule has 1 aliphatic rings. The van der Waals surface area contributed by atoms with Crippen LogP contribution in [0.3, 0.4) is 0 Å². The van der Waals surface area contributed by atoms with Crippen LogP contribution in [0.25, 0.3) is 0 Å². The molecule has 0 aliphatic carbocycles. The number of benzene rings is 1. The summed E-state index contributed by atoms with van der Waals surface area (Å²) in [4.78, 5) is 21.2. The predicted octanol–water partition coefficient (Wildman–Crippen LogP) is 1.70. The second-order valence-electron chi connectivity index (χ2n) is 7.94. The molecule has 0 spiro atoms. The molecule has 168 valence electrons. The second kappa shape index (κ2) is 10.3. The minimum Gasteiger partial charge on any atom is -0.463 e. The van der Waals surface area contributed by atoms with Gasteiger partial charge in [0.2, 0.25) is 5.91 Å².